The molecule has 108 valence electrons. The zero-order chi connectivity index (χ0) is 15.6. The van der Waals surface area contributed by atoms with E-state index in [1.165, 1.54) is 0 Å². The number of carbonyl (C=O) groups excluding carboxylic acids is 1. The summed E-state index contributed by atoms with van der Waals surface area (Å²) in [6.45, 7) is 0. The molecule has 0 bridgehead atoms. The van der Waals surface area contributed by atoms with Crippen molar-refractivity contribution in [3.63, 3.8) is 0 Å². The van der Waals surface area contributed by atoms with Crippen LogP contribution in [0, 0.1) is 17.5 Å². The lowest BCUT2D eigenvalue weighted by Gasteiger charge is -2.08. The summed E-state index contributed by atoms with van der Waals surface area (Å²) in [5, 5.41) is 10.8. The molecule has 2 aromatic rings. The quantitative estimate of drug-likeness (QED) is 0.914. The molecule has 2 N–H and O–H groups in total. The summed E-state index contributed by atoms with van der Waals surface area (Å²) in [4.78, 5) is 22.4. The van der Waals surface area contributed by atoms with Crippen molar-refractivity contribution in [2.75, 3.05) is 5.32 Å². The lowest BCUT2D eigenvalue weighted by atomic mass is 10.1. The van der Waals surface area contributed by atoms with E-state index in [0.717, 1.165) is 30.3 Å². The Hall–Kier alpha value is -2.83. The largest absolute Gasteiger partial charge is 0.478 e. The molecule has 0 heterocycles. The fourth-order valence-corrected chi connectivity index (χ4v) is 1.61. The van der Waals surface area contributed by atoms with Crippen LogP contribution in [0.1, 0.15) is 20.7 Å². The first-order chi connectivity index (χ1) is 9.88. The first-order valence-electron chi connectivity index (χ1n) is 5.67. The molecular weight excluding hydrogens is 287 g/mol. The van der Waals surface area contributed by atoms with E-state index in [1.807, 2.05) is 0 Å². The molecule has 0 aliphatic rings. The zero-order valence-electron chi connectivity index (χ0n) is 10.4. The van der Waals surface area contributed by atoms with Gasteiger partial charge in [0.1, 0.15) is 17.5 Å². The van der Waals surface area contributed by atoms with Crippen LogP contribution in [0.15, 0.2) is 36.4 Å². The molecule has 0 saturated carbocycles. The fourth-order valence-electron chi connectivity index (χ4n) is 1.61. The van der Waals surface area contributed by atoms with E-state index in [2.05, 4.69) is 5.32 Å². The smallest absolute Gasteiger partial charge is 0.335 e. The molecule has 0 fully saturated rings. The maximum absolute atomic E-state index is 13.6. The van der Waals surface area contributed by atoms with Gasteiger partial charge in [-0.05, 0) is 30.3 Å². The Morgan fingerprint density at radius 2 is 1.67 bits per heavy atom. The molecule has 1 amide bonds. The Morgan fingerprint density at radius 3 is 2.24 bits per heavy atom. The van der Waals surface area contributed by atoms with Gasteiger partial charge < -0.3 is 10.4 Å². The van der Waals surface area contributed by atoms with Gasteiger partial charge in [0.15, 0.2) is 0 Å². The monoisotopic (exact) mass is 295 g/mol. The van der Waals surface area contributed by atoms with Crippen LogP contribution < -0.4 is 5.32 Å². The van der Waals surface area contributed by atoms with Crippen LogP contribution >= 0.6 is 0 Å². The minimum Gasteiger partial charge on any atom is -0.478 e. The average Bonchev–Trinajstić information content (AvgIpc) is 2.40. The Bertz CT molecular complexity index is 731. The van der Waals surface area contributed by atoms with Crippen LogP contribution in [-0.2, 0) is 0 Å². The molecule has 2 aromatic carbocycles. The summed E-state index contributed by atoms with van der Waals surface area (Å²) in [5.74, 6) is -5.22. The van der Waals surface area contributed by atoms with Crippen molar-refractivity contribution in [3.8, 4) is 0 Å². The van der Waals surface area contributed by atoms with Crippen molar-refractivity contribution >= 4 is 17.6 Å². The van der Waals surface area contributed by atoms with Gasteiger partial charge in [-0.3, -0.25) is 4.79 Å². The van der Waals surface area contributed by atoms with Crippen molar-refractivity contribution in [1.82, 2.24) is 0 Å². The first kappa shape index (κ1) is 14.6. The van der Waals surface area contributed by atoms with E-state index in [9.17, 15) is 22.8 Å². The first-order valence-corrected chi connectivity index (χ1v) is 5.67. The molecule has 7 heteroatoms. The van der Waals surface area contributed by atoms with Gasteiger partial charge in [0.05, 0.1) is 16.8 Å². The summed E-state index contributed by atoms with van der Waals surface area (Å²) in [5.41, 5.74) is -1.06. The molecule has 0 aliphatic heterocycles. The summed E-state index contributed by atoms with van der Waals surface area (Å²) in [6, 6.07) is 5.18. The second-order valence-corrected chi connectivity index (χ2v) is 4.08. The molecule has 0 radical (unpaired) electrons. The molecule has 0 unspecified atom stereocenters. The Morgan fingerprint density at radius 1 is 0.952 bits per heavy atom. The molecular formula is C14H8F3NO3. The van der Waals surface area contributed by atoms with Gasteiger partial charge in [-0.1, -0.05) is 0 Å². The maximum atomic E-state index is 13.6. The minimum atomic E-state index is -1.32. The zero-order valence-corrected chi connectivity index (χ0v) is 10.4. The molecule has 21 heavy (non-hydrogen) atoms. The normalized spacial score (nSPS) is 10.2. The van der Waals surface area contributed by atoms with Crippen molar-refractivity contribution in [2.45, 2.75) is 0 Å². The summed E-state index contributed by atoms with van der Waals surface area (Å²) in [7, 11) is 0. The van der Waals surface area contributed by atoms with Crippen LogP contribution in [0.3, 0.4) is 0 Å². The fraction of sp³-hybridized carbons (Fsp3) is 0. The standard InChI is InChI=1S/C14H8F3NO3/c15-8-2-3-9(10(16)6-8)13(19)18-12-4-1-7(14(20)21)5-11(12)17/h1-6H,(H,18,19)(H,20,21). The number of benzene rings is 2. The lowest BCUT2D eigenvalue weighted by Crippen LogP contribution is -2.15. The van der Waals surface area contributed by atoms with Gasteiger partial charge in [0.25, 0.3) is 5.91 Å². The summed E-state index contributed by atoms with van der Waals surface area (Å²) in [6.07, 6.45) is 0. The Balaban J connectivity index is 2.25. The predicted molar refractivity (Wildman–Crippen MR) is 67.7 cm³/mol. The molecule has 0 aromatic heterocycles. The van der Waals surface area contributed by atoms with Crippen LogP contribution in [0.2, 0.25) is 0 Å². The second-order valence-electron chi connectivity index (χ2n) is 4.08. The highest BCUT2D eigenvalue weighted by Crippen LogP contribution is 2.18. The highest BCUT2D eigenvalue weighted by Gasteiger charge is 2.15. The summed E-state index contributed by atoms with van der Waals surface area (Å²) >= 11 is 0. The number of nitrogens with one attached hydrogen (secondary N) is 1. The molecule has 0 atom stereocenters. The number of amides is 1. The number of halogens is 3. The minimum absolute atomic E-state index is 0.293. The van der Waals surface area contributed by atoms with Gasteiger partial charge in [0, 0.05) is 6.07 Å². The van der Waals surface area contributed by atoms with Gasteiger partial charge >= 0.3 is 5.97 Å². The maximum Gasteiger partial charge on any atom is 0.335 e. The molecule has 0 aliphatic carbocycles. The number of hydrogen-bond donors (Lipinski definition) is 2. The van der Waals surface area contributed by atoms with Gasteiger partial charge in [-0.15, -0.1) is 0 Å². The number of carboxylic acid groups (broad SMARTS) is 1. The predicted octanol–water partition coefficient (Wildman–Crippen LogP) is 3.05. The van der Waals surface area contributed by atoms with Crippen LogP contribution in [-0.4, -0.2) is 17.0 Å². The third-order valence-corrected chi connectivity index (χ3v) is 2.64. The van der Waals surface area contributed by atoms with Crippen LogP contribution in [0.25, 0.3) is 0 Å². The molecule has 4 nitrogen and oxygen atoms in total. The van der Waals surface area contributed by atoms with Crippen molar-refractivity contribution in [1.29, 1.82) is 0 Å². The summed E-state index contributed by atoms with van der Waals surface area (Å²) < 4.78 is 39.8. The second kappa shape index (κ2) is 5.66. The van der Waals surface area contributed by atoms with Crippen molar-refractivity contribution < 1.29 is 27.9 Å². The van der Waals surface area contributed by atoms with E-state index in [0.29, 0.717) is 6.07 Å². The molecule has 2 rings (SSSR count). The van der Waals surface area contributed by atoms with E-state index in [1.54, 1.807) is 0 Å². The number of hydrogen-bond acceptors (Lipinski definition) is 2. The molecule has 0 spiro atoms. The Labute approximate surface area is 116 Å². The highest BCUT2D eigenvalue weighted by molar-refractivity contribution is 6.04. The van der Waals surface area contributed by atoms with E-state index >= 15 is 0 Å². The van der Waals surface area contributed by atoms with Crippen LogP contribution in [0.5, 0.6) is 0 Å². The Kier molecular flexibility index (Phi) is 3.93. The SMILES string of the molecule is O=C(O)c1ccc(NC(=O)c2ccc(F)cc2F)c(F)c1. The third-order valence-electron chi connectivity index (χ3n) is 2.64. The van der Waals surface area contributed by atoms with Gasteiger partial charge in [-0.25, -0.2) is 18.0 Å². The number of carbonyl (C=O) groups is 2. The average molecular weight is 295 g/mol. The van der Waals surface area contributed by atoms with E-state index in [-0.39, 0.29) is 11.3 Å². The van der Waals surface area contributed by atoms with E-state index in [4.69, 9.17) is 5.11 Å². The van der Waals surface area contributed by atoms with Crippen LogP contribution in [0.4, 0.5) is 18.9 Å². The van der Waals surface area contributed by atoms with E-state index < -0.39 is 34.9 Å². The number of aromatic carboxylic acids is 1. The lowest BCUT2D eigenvalue weighted by molar-refractivity contribution is 0.0696. The van der Waals surface area contributed by atoms with Gasteiger partial charge in [-0.2, -0.15) is 0 Å². The van der Waals surface area contributed by atoms with Crippen molar-refractivity contribution in [3.05, 3.63) is 65.0 Å². The topological polar surface area (TPSA) is 66.4 Å². The number of anilines is 1. The van der Waals surface area contributed by atoms with Gasteiger partial charge in [0.2, 0.25) is 0 Å². The third kappa shape index (κ3) is 3.19. The number of rotatable bonds is 3. The number of carboxylic acids is 1. The van der Waals surface area contributed by atoms with Crippen molar-refractivity contribution in [2.24, 2.45) is 0 Å². The highest BCUT2D eigenvalue weighted by atomic mass is 19.1. The molecule has 0 saturated heterocycles.